The minimum Gasteiger partial charge on any atom is -0.485 e. The largest absolute Gasteiger partial charge is 0.485 e. The number of carbonyl (C=O) groups excluding carboxylic acids is 1. The Morgan fingerprint density at radius 3 is 2.64 bits per heavy atom. The molecule has 0 bridgehead atoms. The number of carbonyl (C=O) groups is 1. The number of hydrogen-bond acceptors (Lipinski definition) is 5. The standard InChI is InChI=1S/C23H18F3N3O4/c1-13-7-8-18(28-22(31)16-5-3-4-6-17(16)23(24,25)26)19(9-13)32-12-15-11-21(30)29-20(27-15)10-14(2)33-29/h3-11H,12H2,1-2H3,(H,28,31). The molecule has 0 unspecified atom stereocenters. The van der Waals surface area contributed by atoms with Crippen LogP contribution in [0.15, 0.2) is 63.9 Å². The van der Waals surface area contributed by atoms with Crippen LogP contribution < -0.4 is 15.6 Å². The van der Waals surface area contributed by atoms with E-state index in [2.05, 4.69) is 10.3 Å². The molecule has 2 heterocycles. The van der Waals surface area contributed by atoms with Gasteiger partial charge in [-0.1, -0.05) is 18.2 Å². The first-order chi connectivity index (χ1) is 15.6. The molecule has 1 N–H and O–H groups in total. The summed E-state index contributed by atoms with van der Waals surface area (Å²) in [6.07, 6.45) is -4.68. The molecule has 4 rings (SSSR count). The summed E-state index contributed by atoms with van der Waals surface area (Å²) in [6.45, 7) is 3.37. The molecule has 0 fully saturated rings. The van der Waals surface area contributed by atoms with Crippen molar-refractivity contribution in [2.45, 2.75) is 26.6 Å². The fraction of sp³-hybridized carbons (Fsp3) is 0.174. The van der Waals surface area contributed by atoms with E-state index >= 15 is 0 Å². The second kappa shape index (κ2) is 8.45. The summed E-state index contributed by atoms with van der Waals surface area (Å²) in [4.78, 5) is 29.1. The molecule has 0 aliphatic rings. The highest BCUT2D eigenvalue weighted by atomic mass is 19.4. The second-order valence-electron chi connectivity index (χ2n) is 7.37. The van der Waals surface area contributed by atoms with Gasteiger partial charge in [0, 0.05) is 12.1 Å². The number of aryl methyl sites for hydroxylation is 2. The molecule has 7 nitrogen and oxygen atoms in total. The zero-order valence-electron chi connectivity index (χ0n) is 17.6. The van der Waals surface area contributed by atoms with E-state index in [0.29, 0.717) is 17.1 Å². The van der Waals surface area contributed by atoms with Gasteiger partial charge in [-0.25, -0.2) is 4.98 Å². The number of nitrogens with one attached hydrogen (secondary N) is 1. The average Bonchev–Trinajstić information content (AvgIpc) is 3.14. The van der Waals surface area contributed by atoms with Gasteiger partial charge in [-0.3, -0.25) is 9.59 Å². The van der Waals surface area contributed by atoms with Crippen LogP contribution in [0.5, 0.6) is 5.75 Å². The summed E-state index contributed by atoms with van der Waals surface area (Å²) < 4.78 is 51.9. The normalized spacial score (nSPS) is 11.5. The average molecular weight is 457 g/mol. The van der Waals surface area contributed by atoms with Gasteiger partial charge in [0.05, 0.1) is 22.5 Å². The van der Waals surface area contributed by atoms with E-state index in [0.717, 1.165) is 22.3 Å². The van der Waals surface area contributed by atoms with Crippen molar-refractivity contribution in [3.05, 3.63) is 93.1 Å². The Morgan fingerprint density at radius 1 is 1.12 bits per heavy atom. The van der Waals surface area contributed by atoms with Crippen LogP contribution in [0, 0.1) is 13.8 Å². The monoisotopic (exact) mass is 457 g/mol. The number of halogens is 3. The number of benzene rings is 2. The van der Waals surface area contributed by atoms with Gasteiger partial charge in [0.2, 0.25) is 0 Å². The smallest absolute Gasteiger partial charge is 0.417 e. The number of hydrogen-bond donors (Lipinski definition) is 1. The number of ether oxygens (including phenoxy) is 1. The minimum absolute atomic E-state index is 0.110. The maximum atomic E-state index is 13.3. The molecule has 1 amide bonds. The lowest BCUT2D eigenvalue weighted by molar-refractivity contribution is -0.137. The molecule has 33 heavy (non-hydrogen) atoms. The molecule has 170 valence electrons. The molecular weight excluding hydrogens is 439 g/mol. The summed E-state index contributed by atoms with van der Waals surface area (Å²) in [6, 6.07) is 12.2. The van der Waals surface area contributed by atoms with Crippen molar-refractivity contribution in [1.82, 2.24) is 9.56 Å². The molecule has 2 aromatic heterocycles. The van der Waals surface area contributed by atoms with E-state index in [9.17, 15) is 22.8 Å². The number of aromatic nitrogens is 2. The highest BCUT2D eigenvalue weighted by molar-refractivity contribution is 6.06. The van der Waals surface area contributed by atoms with Gasteiger partial charge in [-0.05, 0) is 43.7 Å². The van der Waals surface area contributed by atoms with Crippen molar-refractivity contribution >= 4 is 17.2 Å². The second-order valence-corrected chi connectivity index (χ2v) is 7.37. The van der Waals surface area contributed by atoms with Crippen LogP contribution in [0.1, 0.15) is 32.9 Å². The number of nitrogens with zero attached hydrogens (tertiary/aromatic N) is 2. The summed E-state index contributed by atoms with van der Waals surface area (Å²) in [5, 5.41) is 2.48. The number of anilines is 1. The highest BCUT2D eigenvalue weighted by Crippen LogP contribution is 2.33. The number of amides is 1. The van der Waals surface area contributed by atoms with Gasteiger partial charge in [0.1, 0.15) is 18.1 Å². The highest BCUT2D eigenvalue weighted by Gasteiger charge is 2.35. The Balaban J connectivity index is 1.59. The quantitative estimate of drug-likeness (QED) is 0.467. The van der Waals surface area contributed by atoms with Crippen LogP contribution in [-0.4, -0.2) is 15.5 Å². The lowest BCUT2D eigenvalue weighted by Gasteiger charge is -2.15. The Labute approximate surface area is 185 Å². The van der Waals surface area contributed by atoms with Crippen LogP contribution in [0.25, 0.3) is 5.65 Å². The Morgan fingerprint density at radius 2 is 1.88 bits per heavy atom. The van der Waals surface area contributed by atoms with Gasteiger partial charge < -0.3 is 14.6 Å². The lowest BCUT2D eigenvalue weighted by atomic mass is 10.1. The van der Waals surface area contributed by atoms with Crippen molar-refractivity contribution < 1.29 is 27.2 Å². The van der Waals surface area contributed by atoms with Gasteiger partial charge in [0.15, 0.2) is 5.65 Å². The lowest BCUT2D eigenvalue weighted by Crippen LogP contribution is -2.19. The molecular formula is C23H18F3N3O4. The summed E-state index contributed by atoms with van der Waals surface area (Å²) >= 11 is 0. The zero-order chi connectivity index (χ0) is 23.8. The van der Waals surface area contributed by atoms with Crippen LogP contribution >= 0.6 is 0 Å². The van der Waals surface area contributed by atoms with E-state index in [1.165, 1.54) is 24.3 Å². The Bertz CT molecular complexity index is 1410. The zero-order valence-corrected chi connectivity index (χ0v) is 17.6. The molecule has 0 radical (unpaired) electrons. The number of fused-ring (bicyclic) bond motifs is 1. The SMILES string of the molecule is Cc1ccc(NC(=O)c2ccccc2C(F)(F)F)c(OCc2cc(=O)n3oc(C)cc3n2)c1. The Kier molecular flexibility index (Phi) is 5.67. The molecule has 10 heteroatoms. The van der Waals surface area contributed by atoms with Crippen molar-refractivity contribution in [1.29, 1.82) is 0 Å². The van der Waals surface area contributed by atoms with E-state index in [-0.39, 0.29) is 18.0 Å². The third kappa shape index (κ3) is 4.74. The van der Waals surface area contributed by atoms with Crippen LogP contribution in [0.2, 0.25) is 0 Å². The summed E-state index contributed by atoms with van der Waals surface area (Å²) in [7, 11) is 0. The third-order valence-corrected chi connectivity index (χ3v) is 4.76. The van der Waals surface area contributed by atoms with E-state index < -0.39 is 28.8 Å². The van der Waals surface area contributed by atoms with E-state index in [1.54, 1.807) is 32.0 Å². The first-order valence-electron chi connectivity index (χ1n) is 9.82. The maximum absolute atomic E-state index is 13.3. The topological polar surface area (TPSA) is 85.8 Å². The molecule has 4 aromatic rings. The van der Waals surface area contributed by atoms with Gasteiger partial charge in [-0.15, -0.1) is 4.57 Å². The third-order valence-electron chi connectivity index (χ3n) is 4.76. The van der Waals surface area contributed by atoms with E-state index in [1.807, 2.05) is 0 Å². The van der Waals surface area contributed by atoms with Crippen LogP contribution in [0.3, 0.4) is 0 Å². The maximum Gasteiger partial charge on any atom is 0.417 e. The molecule has 0 saturated heterocycles. The van der Waals surface area contributed by atoms with Crippen LogP contribution in [0.4, 0.5) is 18.9 Å². The first-order valence-corrected chi connectivity index (χ1v) is 9.82. The van der Waals surface area contributed by atoms with Crippen LogP contribution in [-0.2, 0) is 12.8 Å². The molecule has 0 aliphatic carbocycles. The van der Waals surface area contributed by atoms with Crippen molar-refractivity contribution in [3.8, 4) is 5.75 Å². The van der Waals surface area contributed by atoms with Crippen molar-refractivity contribution in [3.63, 3.8) is 0 Å². The summed E-state index contributed by atoms with van der Waals surface area (Å²) in [5.41, 5.74) is -0.347. The predicted octanol–water partition coefficient (Wildman–Crippen LogP) is 4.75. The first kappa shape index (κ1) is 22.1. The summed E-state index contributed by atoms with van der Waals surface area (Å²) in [5.74, 6) is -0.193. The molecule has 0 saturated carbocycles. The molecule has 2 aromatic carbocycles. The number of alkyl halides is 3. The van der Waals surface area contributed by atoms with E-state index in [4.69, 9.17) is 9.26 Å². The fourth-order valence-corrected chi connectivity index (χ4v) is 3.27. The number of rotatable bonds is 5. The molecule has 0 aliphatic heterocycles. The van der Waals surface area contributed by atoms with Crippen molar-refractivity contribution in [2.75, 3.05) is 5.32 Å². The van der Waals surface area contributed by atoms with Gasteiger partial charge >= 0.3 is 6.18 Å². The van der Waals surface area contributed by atoms with Gasteiger partial charge in [0.25, 0.3) is 11.5 Å². The Hall–Kier alpha value is -4.08. The minimum atomic E-state index is -4.68. The fourth-order valence-electron chi connectivity index (χ4n) is 3.27. The predicted molar refractivity (Wildman–Crippen MR) is 113 cm³/mol. The molecule has 0 atom stereocenters. The molecule has 0 spiro atoms. The van der Waals surface area contributed by atoms with Gasteiger partial charge in [-0.2, -0.15) is 13.2 Å². The van der Waals surface area contributed by atoms with Crippen molar-refractivity contribution in [2.24, 2.45) is 0 Å².